The Morgan fingerprint density at radius 1 is 1.59 bits per heavy atom. The van der Waals surface area contributed by atoms with Crippen molar-refractivity contribution in [2.45, 2.75) is 25.5 Å². The van der Waals surface area contributed by atoms with Crippen LogP contribution in [0.3, 0.4) is 0 Å². The van der Waals surface area contributed by atoms with E-state index in [1.807, 2.05) is 0 Å². The Morgan fingerprint density at radius 3 is 2.82 bits per heavy atom. The van der Waals surface area contributed by atoms with Crippen LogP contribution >= 0.6 is 0 Å². The number of aliphatic hydroxyl groups is 1. The summed E-state index contributed by atoms with van der Waals surface area (Å²) >= 11 is 0. The van der Waals surface area contributed by atoms with E-state index in [4.69, 9.17) is 5.11 Å². The van der Waals surface area contributed by atoms with E-state index in [0.29, 0.717) is 11.3 Å². The van der Waals surface area contributed by atoms with Crippen molar-refractivity contribution >= 4 is 11.9 Å². The highest BCUT2D eigenvalue weighted by Gasteiger charge is 2.39. The number of β-amino-alcohol motifs (C(OH)–C–C–N with tert-alkyl or cyclic N) is 1. The molecule has 1 aliphatic heterocycles. The van der Waals surface area contributed by atoms with E-state index in [0.717, 1.165) is 0 Å². The number of nitrogens with zero attached hydrogens (tertiary/aromatic N) is 2. The first-order valence-corrected chi connectivity index (χ1v) is 5.22. The quantitative estimate of drug-likeness (QED) is 0.637. The van der Waals surface area contributed by atoms with Gasteiger partial charge in [-0.15, -0.1) is 0 Å². The minimum absolute atomic E-state index is 0.0421. The number of hydrogen-bond acceptors (Lipinski definition) is 4. The van der Waals surface area contributed by atoms with Crippen LogP contribution in [0.5, 0.6) is 0 Å². The zero-order valence-corrected chi connectivity index (χ0v) is 9.25. The third-order valence-electron chi connectivity index (χ3n) is 2.89. The number of hydrogen-bond donors (Lipinski definition) is 3. The number of aromatic amines is 1. The second-order valence-corrected chi connectivity index (χ2v) is 4.11. The minimum Gasteiger partial charge on any atom is -0.480 e. The van der Waals surface area contributed by atoms with Gasteiger partial charge in [-0.25, -0.2) is 4.79 Å². The summed E-state index contributed by atoms with van der Waals surface area (Å²) in [7, 11) is 0. The number of carbonyl (C=O) groups is 2. The number of carbonyl (C=O) groups excluding carboxylic acids is 1. The topological polar surface area (TPSA) is 107 Å². The fraction of sp³-hybridized carbons (Fsp3) is 0.500. The third kappa shape index (κ3) is 2.01. The van der Waals surface area contributed by atoms with E-state index in [1.54, 1.807) is 6.92 Å². The van der Waals surface area contributed by atoms with Crippen molar-refractivity contribution < 1.29 is 19.8 Å². The Hall–Kier alpha value is -1.89. The van der Waals surface area contributed by atoms with Crippen LogP contribution < -0.4 is 0 Å². The molecule has 0 radical (unpaired) electrons. The lowest BCUT2D eigenvalue weighted by atomic mass is 10.2. The van der Waals surface area contributed by atoms with Gasteiger partial charge in [-0.05, 0) is 6.92 Å². The van der Waals surface area contributed by atoms with Crippen molar-refractivity contribution in [1.82, 2.24) is 15.1 Å². The van der Waals surface area contributed by atoms with Gasteiger partial charge in [-0.2, -0.15) is 5.10 Å². The summed E-state index contributed by atoms with van der Waals surface area (Å²) in [6.45, 7) is 1.73. The number of nitrogens with one attached hydrogen (secondary N) is 1. The van der Waals surface area contributed by atoms with Crippen molar-refractivity contribution in [2.75, 3.05) is 6.54 Å². The van der Waals surface area contributed by atoms with Crippen LogP contribution in [-0.4, -0.2) is 55.9 Å². The lowest BCUT2D eigenvalue weighted by Gasteiger charge is -2.20. The number of amides is 1. The van der Waals surface area contributed by atoms with Crippen LogP contribution in [0, 0.1) is 6.92 Å². The van der Waals surface area contributed by atoms with E-state index in [1.165, 1.54) is 11.1 Å². The molecule has 0 saturated carbocycles. The maximum Gasteiger partial charge on any atom is 0.326 e. The number of aryl methyl sites for hydroxylation is 1. The molecule has 3 N–H and O–H groups in total. The maximum atomic E-state index is 12.1. The van der Waals surface area contributed by atoms with Gasteiger partial charge in [0, 0.05) is 18.7 Å². The Bertz CT molecular complexity index is 456. The molecule has 2 heterocycles. The van der Waals surface area contributed by atoms with E-state index >= 15 is 0 Å². The number of aromatic nitrogens is 2. The molecule has 0 unspecified atom stereocenters. The highest BCUT2D eigenvalue weighted by atomic mass is 16.4. The zero-order chi connectivity index (χ0) is 12.6. The van der Waals surface area contributed by atoms with Crippen LogP contribution in [0.15, 0.2) is 6.20 Å². The van der Waals surface area contributed by atoms with E-state index in [2.05, 4.69) is 10.2 Å². The lowest BCUT2D eigenvalue weighted by Crippen LogP contribution is -2.40. The van der Waals surface area contributed by atoms with E-state index in [-0.39, 0.29) is 13.0 Å². The number of aliphatic carboxylic acids is 1. The monoisotopic (exact) mass is 239 g/mol. The Balaban J connectivity index is 2.25. The maximum absolute atomic E-state index is 12.1. The lowest BCUT2D eigenvalue weighted by molar-refractivity contribution is -0.141. The van der Waals surface area contributed by atoms with Crippen LogP contribution in [0.2, 0.25) is 0 Å². The third-order valence-corrected chi connectivity index (χ3v) is 2.89. The van der Waals surface area contributed by atoms with Crippen LogP contribution in [0.25, 0.3) is 0 Å². The molecule has 0 bridgehead atoms. The van der Waals surface area contributed by atoms with Gasteiger partial charge in [0.1, 0.15) is 6.04 Å². The molecule has 1 aromatic rings. The van der Waals surface area contributed by atoms with Gasteiger partial charge in [0.2, 0.25) is 0 Å². The molecule has 92 valence electrons. The standard InChI is InChI=1S/C10H13N3O4/c1-5-7(3-11-12-5)9(15)13-4-6(14)2-8(13)10(16)17/h3,6,8,14H,2,4H2,1H3,(H,11,12)(H,16,17)/t6-,8+/m1/s1. The average Bonchev–Trinajstić information content (AvgIpc) is 2.83. The fourth-order valence-electron chi connectivity index (χ4n) is 1.99. The number of carboxylic acid groups (broad SMARTS) is 1. The molecule has 0 spiro atoms. The van der Waals surface area contributed by atoms with E-state index < -0.39 is 24.0 Å². The molecule has 7 heteroatoms. The normalized spacial score (nSPS) is 24.0. The molecule has 1 aromatic heterocycles. The minimum atomic E-state index is -1.10. The number of rotatable bonds is 2. The summed E-state index contributed by atoms with van der Waals surface area (Å²) in [4.78, 5) is 24.2. The first-order chi connectivity index (χ1) is 8.00. The fourth-order valence-corrected chi connectivity index (χ4v) is 1.99. The smallest absolute Gasteiger partial charge is 0.326 e. The average molecular weight is 239 g/mol. The summed E-state index contributed by atoms with van der Waals surface area (Å²) in [5.74, 6) is -1.52. The number of carboxylic acids is 1. The Kier molecular flexibility index (Phi) is 2.84. The van der Waals surface area contributed by atoms with Gasteiger partial charge < -0.3 is 15.1 Å². The molecule has 1 fully saturated rings. The van der Waals surface area contributed by atoms with Crippen molar-refractivity contribution in [1.29, 1.82) is 0 Å². The molecule has 1 aliphatic rings. The first kappa shape index (κ1) is 11.6. The number of likely N-dealkylation sites (tertiary alicyclic amines) is 1. The first-order valence-electron chi connectivity index (χ1n) is 5.22. The van der Waals surface area contributed by atoms with Crippen molar-refractivity contribution in [3.05, 3.63) is 17.5 Å². The molecule has 1 amide bonds. The van der Waals surface area contributed by atoms with Gasteiger partial charge in [0.15, 0.2) is 0 Å². The summed E-state index contributed by atoms with van der Waals surface area (Å²) in [5.41, 5.74) is 0.922. The summed E-state index contributed by atoms with van der Waals surface area (Å²) in [6, 6.07) is -0.966. The van der Waals surface area contributed by atoms with Crippen molar-refractivity contribution in [3.63, 3.8) is 0 Å². The molecular formula is C10H13N3O4. The second-order valence-electron chi connectivity index (χ2n) is 4.11. The van der Waals surface area contributed by atoms with Crippen LogP contribution in [0.4, 0.5) is 0 Å². The summed E-state index contributed by atoms with van der Waals surface area (Å²) < 4.78 is 0. The van der Waals surface area contributed by atoms with Crippen molar-refractivity contribution in [2.24, 2.45) is 0 Å². The number of aliphatic hydroxyl groups excluding tert-OH is 1. The van der Waals surface area contributed by atoms with Crippen LogP contribution in [-0.2, 0) is 4.79 Å². The SMILES string of the molecule is Cc1[nH]ncc1C(=O)N1C[C@H](O)C[C@H]1C(=O)O. The molecule has 2 atom stereocenters. The molecule has 1 saturated heterocycles. The van der Waals surface area contributed by atoms with Gasteiger partial charge in [0.25, 0.3) is 5.91 Å². The second kappa shape index (κ2) is 4.17. The highest BCUT2D eigenvalue weighted by Crippen LogP contribution is 2.21. The summed E-state index contributed by atoms with van der Waals surface area (Å²) in [5, 5.41) is 24.8. The van der Waals surface area contributed by atoms with Gasteiger partial charge in [-0.1, -0.05) is 0 Å². The highest BCUT2D eigenvalue weighted by molar-refractivity contribution is 5.97. The van der Waals surface area contributed by atoms with E-state index in [9.17, 15) is 14.7 Å². The zero-order valence-electron chi connectivity index (χ0n) is 9.25. The Morgan fingerprint density at radius 2 is 2.29 bits per heavy atom. The summed E-state index contributed by atoms with van der Waals surface area (Å²) in [6.07, 6.45) is 0.645. The van der Waals surface area contributed by atoms with Gasteiger partial charge in [-0.3, -0.25) is 9.89 Å². The predicted octanol–water partition coefficient (Wildman–Crippen LogP) is -0.622. The number of H-pyrrole nitrogens is 1. The molecule has 17 heavy (non-hydrogen) atoms. The van der Waals surface area contributed by atoms with Crippen molar-refractivity contribution in [3.8, 4) is 0 Å². The predicted molar refractivity (Wildman–Crippen MR) is 56.4 cm³/mol. The molecule has 0 aromatic carbocycles. The molecule has 0 aliphatic carbocycles. The van der Waals surface area contributed by atoms with Crippen LogP contribution in [0.1, 0.15) is 22.5 Å². The largest absolute Gasteiger partial charge is 0.480 e. The molecule has 7 nitrogen and oxygen atoms in total. The Labute approximate surface area is 97.0 Å². The van der Waals surface area contributed by atoms with Gasteiger partial charge >= 0.3 is 5.97 Å². The molecule has 2 rings (SSSR count). The van der Waals surface area contributed by atoms with Gasteiger partial charge in [0.05, 0.1) is 17.9 Å². The molecular weight excluding hydrogens is 226 g/mol.